The average Bonchev–Trinajstić information content (AvgIpc) is 2.61. The zero-order chi connectivity index (χ0) is 19.1. The molecular formula is C18H19FN2O5. The van der Waals surface area contributed by atoms with Gasteiger partial charge in [0.2, 0.25) is 5.91 Å². The van der Waals surface area contributed by atoms with E-state index in [-0.39, 0.29) is 12.5 Å². The van der Waals surface area contributed by atoms with Crippen LogP contribution in [0, 0.1) is 5.82 Å². The van der Waals surface area contributed by atoms with Crippen molar-refractivity contribution in [2.24, 2.45) is 0 Å². The second kappa shape index (κ2) is 8.70. The van der Waals surface area contributed by atoms with Gasteiger partial charge < -0.3 is 24.8 Å². The topological polar surface area (TPSA) is 85.9 Å². The zero-order valence-electron chi connectivity index (χ0n) is 14.6. The minimum atomic E-state index is -0.443. The normalized spacial score (nSPS) is 10.0. The summed E-state index contributed by atoms with van der Waals surface area (Å²) in [5.41, 5.74) is 0.767. The minimum Gasteiger partial charge on any atom is -0.494 e. The van der Waals surface area contributed by atoms with E-state index in [0.717, 1.165) is 0 Å². The highest BCUT2D eigenvalue weighted by Gasteiger charge is 2.14. The number of carbonyl (C=O) groups is 2. The predicted molar refractivity (Wildman–Crippen MR) is 94.4 cm³/mol. The van der Waals surface area contributed by atoms with Crippen molar-refractivity contribution in [1.82, 2.24) is 0 Å². The first kappa shape index (κ1) is 19.0. The third-order valence-corrected chi connectivity index (χ3v) is 3.29. The van der Waals surface area contributed by atoms with Crippen LogP contribution in [0.1, 0.15) is 6.92 Å². The van der Waals surface area contributed by atoms with Crippen LogP contribution in [0.5, 0.6) is 17.2 Å². The van der Waals surface area contributed by atoms with Gasteiger partial charge in [0, 0.05) is 19.1 Å². The van der Waals surface area contributed by atoms with E-state index >= 15 is 0 Å². The van der Waals surface area contributed by atoms with Crippen molar-refractivity contribution >= 4 is 23.2 Å². The quantitative estimate of drug-likeness (QED) is 0.791. The second-order valence-corrected chi connectivity index (χ2v) is 5.22. The van der Waals surface area contributed by atoms with Gasteiger partial charge in [-0.05, 0) is 24.3 Å². The van der Waals surface area contributed by atoms with Gasteiger partial charge in [-0.1, -0.05) is 0 Å². The summed E-state index contributed by atoms with van der Waals surface area (Å²) in [5, 5.41) is 5.26. The molecule has 0 saturated heterocycles. The molecule has 0 bridgehead atoms. The van der Waals surface area contributed by atoms with Crippen molar-refractivity contribution in [3.63, 3.8) is 0 Å². The van der Waals surface area contributed by atoms with E-state index in [0.29, 0.717) is 28.6 Å². The van der Waals surface area contributed by atoms with Gasteiger partial charge in [0.05, 0.1) is 25.6 Å². The Morgan fingerprint density at radius 1 is 0.962 bits per heavy atom. The molecule has 8 heteroatoms. The first-order chi connectivity index (χ1) is 12.4. The van der Waals surface area contributed by atoms with E-state index in [9.17, 15) is 14.0 Å². The first-order valence-electron chi connectivity index (χ1n) is 7.64. The van der Waals surface area contributed by atoms with Crippen molar-refractivity contribution in [3.8, 4) is 17.2 Å². The van der Waals surface area contributed by atoms with Crippen molar-refractivity contribution < 1.29 is 28.2 Å². The summed E-state index contributed by atoms with van der Waals surface area (Å²) in [6.45, 7) is 1.10. The van der Waals surface area contributed by atoms with Crippen LogP contribution in [0.3, 0.4) is 0 Å². The Bertz CT molecular complexity index is 793. The number of methoxy groups -OCH3 is 2. The predicted octanol–water partition coefficient (Wildman–Crippen LogP) is 2.82. The number of nitrogens with one attached hydrogen (secondary N) is 2. The summed E-state index contributed by atoms with van der Waals surface area (Å²) < 4.78 is 28.6. The molecule has 0 saturated carbocycles. The molecular weight excluding hydrogens is 343 g/mol. The highest BCUT2D eigenvalue weighted by atomic mass is 19.1. The molecule has 2 amide bonds. The SMILES string of the molecule is COc1cc(NC(=O)COc2ccc(F)cc2)c(OC)cc1NC(C)=O. The Morgan fingerprint density at radius 2 is 1.50 bits per heavy atom. The van der Waals surface area contributed by atoms with Gasteiger partial charge >= 0.3 is 0 Å². The van der Waals surface area contributed by atoms with Crippen molar-refractivity contribution in [1.29, 1.82) is 0 Å². The van der Waals surface area contributed by atoms with E-state index in [1.165, 1.54) is 57.5 Å². The number of rotatable bonds is 7. The first-order valence-corrected chi connectivity index (χ1v) is 7.64. The Morgan fingerprint density at radius 3 is 2.00 bits per heavy atom. The molecule has 0 heterocycles. The van der Waals surface area contributed by atoms with Gasteiger partial charge in [-0.25, -0.2) is 4.39 Å². The van der Waals surface area contributed by atoms with Gasteiger partial charge in [-0.3, -0.25) is 9.59 Å². The summed E-state index contributed by atoms with van der Waals surface area (Å²) in [5.74, 6) is -0.0396. The number of amides is 2. The number of hydrogen-bond donors (Lipinski definition) is 2. The Hall–Kier alpha value is -3.29. The van der Waals surface area contributed by atoms with Crippen LogP contribution in [0.25, 0.3) is 0 Å². The fourth-order valence-corrected chi connectivity index (χ4v) is 2.15. The van der Waals surface area contributed by atoms with Gasteiger partial charge in [-0.15, -0.1) is 0 Å². The lowest BCUT2D eigenvalue weighted by molar-refractivity contribution is -0.118. The molecule has 0 aliphatic heterocycles. The summed E-state index contributed by atoms with van der Waals surface area (Å²) in [6.07, 6.45) is 0. The molecule has 0 aliphatic rings. The molecule has 2 aromatic carbocycles. The summed E-state index contributed by atoms with van der Waals surface area (Å²) in [7, 11) is 2.88. The molecule has 0 fully saturated rings. The molecule has 0 unspecified atom stereocenters. The molecule has 0 atom stereocenters. The summed E-state index contributed by atoms with van der Waals surface area (Å²) in [6, 6.07) is 8.39. The van der Waals surface area contributed by atoms with Gasteiger partial charge in [0.25, 0.3) is 5.91 Å². The number of anilines is 2. The zero-order valence-corrected chi connectivity index (χ0v) is 14.6. The highest BCUT2D eigenvalue weighted by Crippen LogP contribution is 2.36. The van der Waals surface area contributed by atoms with Crippen molar-refractivity contribution in [2.45, 2.75) is 6.92 Å². The van der Waals surface area contributed by atoms with Crippen LogP contribution in [-0.4, -0.2) is 32.6 Å². The number of carbonyl (C=O) groups excluding carboxylic acids is 2. The van der Waals surface area contributed by atoms with Crippen molar-refractivity contribution in [2.75, 3.05) is 31.5 Å². The van der Waals surface area contributed by atoms with E-state index in [2.05, 4.69) is 10.6 Å². The standard InChI is InChI=1S/C18H19FN2O5/c1-11(22)20-14-8-17(25-3)15(9-16(14)24-2)21-18(23)10-26-13-6-4-12(19)5-7-13/h4-9H,10H2,1-3H3,(H,20,22)(H,21,23). The minimum absolute atomic E-state index is 0.269. The Labute approximate surface area is 150 Å². The van der Waals surface area contributed by atoms with Gasteiger partial charge in [-0.2, -0.15) is 0 Å². The van der Waals surface area contributed by atoms with Crippen LogP contribution < -0.4 is 24.8 Å². The number of halogens is 1. The molecule has 0 radical (unpaired) electrons. The Kier molecular flexibility index (Phi) is 6.37. The molecule has 2 N–H and O–H groups in total. The molecule has 0 aliphatic carbocycles. The maximum atomic E-state index is 12.9. The van der Waals surface area contributed by atoms with E-state index in [4.69, 9.17) is 14.2 Å². The average molecular weight is 362 g/mol. The molecule has 2 aromatic rings. The molecule has 7 nitrogen and oxygen atoms in total. The molecule has 26 heavy (non-hydrogen) atoms. The maximum Gasteiger partial charge on any atom is 0.262 e. The van der Waals surface area contributed by atoms with E-state index in [1.807, 2.05) is 0 Å². The van der Waals surface area contributed by atoms with Crippen LogP contribution in [-0.2, 0) is 9.59 Å². The molecule has 0 aromatic heterocycles. The third kappa shape index (κ3) is 5.10. The summed E-state index contributed by atoms with van der Waals surface area (Å²) >= 11 is 0. The van der Waals surface area contributed by atoms with Crippen molar-refractivity contribution in [3.05, 3.63) is 42.2 Å². The second-order valence-electron chi connectivity index (χ2n) is 5.22. The number of benzene rings is 2. The van der Waals surface area contributed by atoms with E-state index in [1.54, 1.807) is 0 Å². The van der Waals surface area contributed by atoms with Crippen LogP contribution >= 0.6 is 0 Å². The smallest absolute Gasteiger partial charge is 0.262 e. The Balaban J connectivity index is 2.10. The highest BCUT2D eigenvalue weighted by molar-refractivity contribution is 5.96. The fraction of sp³-hybridized carbons (Fsp3) is 0.222. The van der Waals surface area contributed by atoms with Crippen LogP contribution in [0.4, 0.5) is 15.8 Å². The summed E-state index contributed by atoms with van der Waals surface area (Å²) in [4.78, 5) is 23.4. The van der Waals surface area contributed by atoms with Crippen LogP contribution in [0.15, 0.2) is 36.4 Å². The molecule has 0 spiro atoms. The molecule has 138 valence electrons. The maximum absolute atomic E-state index is 12.9. The third-order valence-electron chi connectivity index (χ3n) is 3.29. The molecule has 2 rings (SSSR count). The monoisotopic (exact) mass is 362 g/mol. The lowest BCUT2D eigenvalue weighted by Gasteiger charge is -2.16. The largest absolute Gasteiger partial charge is 0.494 e. The number of hydrogen-bond acceptors (Lipinski definition) is 5. The van der Waals surface area contributed by atoms with Gasteiger partial charge in [0.15, 0.2) is 6.61 Å². The lowest BCUT2D eigenvalue weighted by Crippen LogP contribution is -2.20. The van der Waals surface area contributed by atoms with Crippen LogP contribution in [0.2, 0.25) is 0 Å². The van der Waals surface area contributed by atoms with E-state index < -0.39 is 11.7 Å². The fourth-order valence-electron chi connectivity index (χ4n) is 2.15. The number of ether oxygens (including phenoxy) is 3. The lowest BCUT2D eigenvalue weighted by atomic mass is 10.2. The van der Waals surface area contributed by atoms with Gasteiger partial charge in [0.1, 0.15) is 23.1 Å².